The molecule has 2 saturated heterocycles. The highest BCUT2D eigenvalue weighted by Crippen LogP contribution is 2.25. The van der Waals surface area contributed by atoms with Crippen LogP contribution in [0.5, 0.6) is 0 Å². The van der Waals surface area contributed by atoms with Crippen molar-refractivity contribution in [2.75, 3.05) is 44.2 Å². The van der Waals surface area contributed by atoms with Gasteiger partial charge in [0.2, 0.25) is 0 Å². The molecule has 0 aromatic carbocycles. The van der Waals surface area contributed by atoms with Crippen molar-refractivity contribution in [3.63, 3.8) is 0 Å². The molecule has 0 radical (unpaired) electrons. The normalized spacial score (nSPS) is 28.6. The van der Waals surface area contributed by atoms with E-state index in [1.165, 1.54) is 43.9 Å². The number of hydrogen-bond donors (Lipinski definition) is 1. The van der Waals surface area contributed by atoms with Gasteiger partial charge >= 0.3 is 0 Å². The molecule has 0 aromatic heterocycles. The standard InChI is InChI=1S/C13H24N2S/c1(4-13-5-3-11-16-12-13)2-8-15-9-6-14-7-10-15/h1-2,13-14H,3-12H2/b2-1-. The molecule has 0 saturated carbocycles. The SMILES string of the molecule is C(=C/CN1CCNCC1)/CC1CCCSC1. The average molecular weight is 240 g/mol. The third-order valence-electron chi connectivity index (χ3n) is 3.46. The Balaban J connectivity index is 1.57. The molecule has 2 rings (SSSR count). The quantitative estimate of drug-likeness (QED) is 0.757. The molecule has 0 aromatic rings. The second kappa shape index (κ2) is 7.36. The molecule has 2 nitrogen and oxygen atoms in total. The van der Waals surface area contributed by atoms with Crippen molar-refractivity contribution in [2.24, 2.45) is 5.92 Å². The third kappa shape index (κ3) is 4.48. The van der Waals surface area contributed by atoms with Crippen molar-refractivity contribution in [2.45, 2.75) is 19.3 Å². The van der Waals surface area contributed by atoms with Gasteiger partial charge in [0.15, 0.2) is 0 Å². The molecule has 2 fully saturated rings. The average Bonchev–Trinajstić information content (AvgIpc) is 2.37. The lowest BCUT2D eigenvalue weighted by Gasteiger charge is -2.25. The molecule has 2 aliphatic rings. The predicted molar refractivity (Wildman–Crippen MR) is 73.1 cm³/mol. The molecule has 0 aliphatic carbocycles. The van der Waals surface area contributed by atoms with Crippen LogP contribution in [-0.2, 0) is 0 Å². The van der Waals surface area contributed by atoms with Gasteiger partial charge in [-0.25, -0.2) is 0 Å². The predicted octanol–water partition coefficient (Wildman–Crippen LogP) is 1.98. The first-order valence-electron chi connectivity index (χ1n) is 6.61. The Kier molecular flexibility index (Phi) is 5.73. The molecule has 16 heavy (non-hydrogen) atoms. The van der Waals surface area contributed by atoms with Crippen molar-refractivity contribution in [1.29, 1.82) is 0 Å². The lowest BCUT2D eigenvalue weighted by molar-refractivity contribution is 0.264. The fourth-order valence-electron chi connectivity index (χ4n) is 2.40. The van der Waals surface area contributed by atoms with Crippen molar-refractivity contribution in [3.8, 4) is 0 Å². The third-order valence-corrected chi connectivity index (χ3v) is 4.75. The van der Waals surface area contributed by atoms with Gasteiger partial charge in [-0.15, -0.1) is 0 Å². The van der Waals surface area contributed by atoms with E-state index in [4.69, 9.17) is 0 Å². The maximum atomic E-state index is 3.39. The van der Waals surface area contributed by atoms with Crippen LogP contribution in [0.4, 0.5) is 0 Å². The minimum Gasteiger partial charge on any atom is -0.314 e. The molecule has 1 atom stereocenters. The van der Waals surface area contributed by atoms with Gasteiger partial charge in [-0.2, -0.15) is 11.8 Å². The Labute approximate surface area is 104 Å². The van der Waals surface area contributed by atoms with Crippen LogP contribution in [0, 0.1) is 5.92 Å². The van der Waals surface area contributed by atoms with Crippen molar-refractivity contribution in [3.05, 3.63) is 12.2 Å². The summed E-state index contributed by atoms with van der Waals surface area (Å²) in [6, 6.07) is 0. The molecular weight excluding hydrogens is 216 g/mol. The van der Waals surface area contributed by atoms with Gasteiger partial charge in [-0.05, 0) is 36.7 Å². The molecule has 1 unspecified atom stereocenters. The van der Waals surface area contributed by atoms with Crippen LogP contribution in [0.2, 0.25) is 0 Å². The zero-order valence-electron chi connectivity index (χ0n) is 10.2. The van der Waals surface area contributed by atoms with Gasteiger partial charge in [0, 0.05) is 32.7 Å². The van der Waals surface area contributed by atoms with Gasteiger partial charge < -0.3 is 5.32 Å². The van der Waals surface area contributed by atoms with E-state index in [0.29, 0.717) is 0 Å². The molecule has 2 aliphatic heterocycles. The number of nitrogens with one attached hydrogen (secondary N) is 1. The second-order valence-corrected chi connectivity index (χ2v) is 5.99. The highest BCUT2D eigenvalue weighted by atomic mass is 32.2. The van der Waals surface area contributed by atoms with E-state index in [9.17, 15) is 0 Å². The summed E-state index contributed by atoms with van der Waals surface area (Å²) in [7, 11) is 0. The topological polar surface area (TPSA) is 15.3 Å². The van der Waals surface area contributed by atoms with Crippen LogP contribution in [0.3, 0.4) is 0 Å². The summed E-state index contributed by atoms with van der Waals surface area (Å²) < 4.78 is 0. The van der Waals surface area contributed by atoms with Gasteiger partial charge in [0.1, 0.15) is 0 Å². The molecule has 1 N–H and O–H groups in total. The van der Waals surface area contributed by atoms with Crippen LogP contribution in [-0.4, -0.2) is 49.1 Å². The molecule has 0 bridgehead atoms. The largest absolute Gasteiger partial charge is 0.314 e. The van der Waals surface area contributed by atoms with E-state index in [-0.39, 0.29) is 0 Å². The highest BCUT2D eigenvalue weighted by Gasteiger charge is 2.11. The minimum atomic E-state index is 0.957. The highest BCUT2D eigenvalue weighted by molar-refractivity contribution is 7.99. The summed E-state index contributed by atoms with van der Waals surface area (Å²) in [5.41, 5.74) is 0. The number of nitrogens with zero attached hydrogens (tertiary/aromatic N) is 1. The number of piperazine rings is 1. The fourth-order valence-corrected chi connectivity index (χ4v) is 3.57. The molecule has 92 valence electrons. The van der Waals surface area contributed by atoms with Gasteiger partial charge in [0.05, 0.1) is 0 Å². The van der Waals surface area contributed by atoms with E-state index in [0.717, 1.165) is 25.6 Å². The lowest BCUT2D eigenvalue weighted by Crippen LogP contribution is -2.43. The van der Waals surface area contributed by atoms with Crippen LogP contribution in [0.25, 0.3) is 0 Å². The molecular formula is C13H24N2S. The Morgan fingerprint density at radius 2 is 2.12 bits per heavy atom. The van der Waals surface area contributed by atoms with E-state index in [2.05, 4.69) is 34.1 Å². The maximum Gasteiger partial charge on any atom is 0.0164 e. The Hall–Kier alpha value is 0.0100. The van der Waals surface area contributed by atoms with Gasteiger partial charge in [-0.3, -0.25) is 4.90 Å². The summed E-state index contributed by atoms with van der Waals surface area (Å²) >= 11 is 2.14. The van der Waals surface area contributed by atoms with E-state index in [1.54, 1.807) is 0 Å². The summed E-state index contributed by atoms with van der Waals surface area (Å²) in [6.45, 7) is 5.90. The summed E-state index contributed by atoms with van der Waals surface area (Å²) in [4.78, 5) is 2.53. The minimum absolute atomic E-state index is 0.957. The van der Waals surface area contributed by atoms with Crippen molar-refractivity contribution in [1.82, 2.24) is 10.2 Å². The van der Waals surface area contributed by atoms with E-state index < -0.39 is 0 Å². The molecule has 3 heteroatoms. The number of hydrogen-bond acceptors (Lipinski definition) is 3. The van der Waals surface area contributed by atoms with Crippen LogP contribution >= 0.6 is 11.8 Å². The maximum absolute atomic E-state index is 3.39. The summed E-state index contributed by atoms with van der Waals surface area (Å²) in [5.74, 6) is 3.73. The van der Waals surface area contributed by atoms with Gasteiger partial charge in [-0.1, -0.05) is 12.2 Å². The van der Waals surface area contributed by atoms with E-state index in [1.807, 2.05) is 0 Å². The van der Waals surface area contributed by atoms with Crippen LogP contribution < -0.4 is 5.32 Å². The number of allylic oxidation sites excluding steroid dienone is 1. The first-order chi connectivity index (χ1) is 7.95. The second-order valence-electron chi connectivity index (χ2n) is 4.84. The molecule has 0 amide bonds. The smallest absolute Gasteiger partial charge is 0.0164 e. The fraction of sp³-hybridized carbons (Fsp3) is 0.846. The number of thioether (sulfide) groups is 1. The zero-order valence-corrected chi connectivity index (χ0v) is 11.0. The number of rotatable bonds is 4. The van der Waals surface area contributed by atoms with Crippen LogP contribution in [0.15, 0.2) is 12.2 Å². The molecule has 0 spiro atoms. The first-order valence-corrected chi connectivity index (χ1v) is 7.76. The van der Waals surface area contributed by atoms with Crippen LogP contribution in [0.1, 0.15) is 19.3 Å². The zero-order chi connectivity index (χ0) is 11.1. The Morgan fingerprint density at radius 1 is 1.25 bits per heavy atom. The first kappa shape index (κ1) is 12.5. The Morgan fingerprint density at radius 3 is 2.88 bits per heavy atom. The van der Waals surface area contributed by atoms with Crippen molar-refractivity contribution < 1.29 is 0 Å². The monoisotopic (exact) mass is 240 g/mol. The summed E-state index contributed by atoms with van der Waals surface area (Å²) in [5, 5.41) is 3.39. The van der Waals surface area contributed by atoms with E-state index >= 15 is 0 Å². The molecule has 2 heterocycles. The lowest BCUT2D eigenvalue weighted by atomic mass is 10.0. The Bertz CT molecular complexity index is 184. The van der Waals surface area contributed by atoms with Gasteiger partial charge in [0.25, 0.3) is 0 Å². The van der Waals surface area contributed by atoms with Crippen molar-refractivity contribution >= 4 is 11.8 Å². The summed E-state index contributed by atoms with van der Waals surface area (Å²) in [6.07, 6.45) is 8.98.